The number of hydrogen-bond donors (Lipinski definition) is 1. The van der Waals surface area contributed by atoms with E-state index in [0.29, 0.717) is 31.9 Å². The fraction of sp³-hybridized carbons (Fsp3) is 0.350. The molecule has 2 aliphatic rings. The molecule has 1 N–H and O–H groups in total. The minimum Gasteiger partial charge on any atom is -0.355 e. The molecule has 0 radical (unpaired) electrons. The Kier molecular flexibility index (Phi) is 4.43. The number of hydrogen-bond acceptors (Lipinski definition) is 6. The van der Waals surface area contributed by atoms with Crippen LogP contribution >= 0.6 is 0 Å². The number of carbonyl (C=O) groups excluding carboxylic acids is 2. The summed E-state index contributed by atoms with van der Waals surface area (Å²) in [6.45, 7) is 3.36. The molecule has 1 fully saturated rings. The molecule has 1 atom stereocenters. The average molecular weight is 376 g/mol. The van der Waals surface area contributed by atoms with Gasteiger partial charge in [0.15, 0.2) is 11.5 Å². The van der Waals surface area contributed by atoms with Gasteiger partial charge < -0.3 is 15.1 Å². The molecule has 8 nitrogen and oxygen atoms in total. The van der Waals surface area contributed by atoms with Crippen LogP contribution in [0.3, 0.4) is 0 Å². The van der Waals surface area contributed by atoms with Gasteiger partial charge in [0.2, 0.25) is 11.8 Å². The second-order valence-electron chi connectivity index (χ2n) is 6.96. The molecule has 3 heterocycles. The van der Waals surface area contributed by atoms with Crippen molar-refractivity contribution < 1.29 is 9.59 Å². The number of para-hydroxylation sites is 1. The quantitative estimate of drug-likeness (QED) is 0.853. The Bertz CT molecular complexity index is 985. The molecule has 0 aliphatic carbocycles. The number of nitriles is 1. The molecular formula is C20H20N6O2. The fourth-order valence-electron chi connectivity index (χ4n) is 4.18. The Morgan fingerprint density at radius 3 is 2.89 bits per heavy atom. The molecule has 0 saturated carbocycles. The molecule has 8 heteroatoms. The third-order valence-electron chi connectivity index (χ3n) is 5.39. The molecule has 1 aromatic heterocycles. The summed E-state index contributed by atoms with van der Waals surface area (Å²) in [7, 11) is 0. The van der Waals surface area contributed by atoms with Gasteiger partial charge in [-0.2, -0.15) is 5.26 Å². The number of nitrogens with zero attached hydrogens (tertiary/aromatic N) is 5. The van der Waals surface area contributed by atoms with Crippen molar-refractivity contribution in [3.8, 4) is 6.07 Å². The highest BCUT2D eigenvalue weighted by Crippen LogP contribution is 2.47. The normalized spacial score (nSPS) is 20.4. The molecule has 0 bridgehead atoms. The lowest BCUT2D eigenvalue weighted by Gasteiger charge is -2.25. The third-order valence-corrected chi connectivity index (χ3v) is 5.39. The van der Waals surface area contributed by atoms with E-state index in [4.69, 9.17) is 0 Å². The third kappa shape index (κ3) is 2.67. The summed E-state index contributed by atoms with van der Waals surface area (Å²) in [5.41, 5.74) is 1.21. The minimum absolute atomic E-state index is 0.0000246. The molecular weight excluding hydrogens is 356 g/mol. The summed E-state index contributed by atoms with van der Waals surface area (Å²) in [6.07, 6.45) is 3.63. The van der Waals surface area contributed by atoms with Gasteiger partial charge >= 0.3 is 0 Å². The maximum atomic E-state index is 13.5. The topological polar surface area (TPSA) is 102 Å². The van der Waals surface area contributed by atoms with E-state index in [9.17, 15) is 14.9 Å². The lowest BCUT2D eigenvalue weighted by atomic mass is 9.81. The van der Waals surface area contributed by atoms with Crippen molar-refractivity contribution in [1.82, 2.24) is 15.3 Å². The van der Waals surface area contributed by atoms with Crippen molar-refractivity contribution in [3.63, 3.8) is 0 Å². The number of rotatable bonds is 4. The first-order valence-corrected chi connectivity index (χ1v) is 9.25. The zero-order valence-corrected chi connectivity index (χ0v) is 15.6. The maximum absolute atomic E-state index is 13.5. The summed E-state index contributed by atoms with van der Waals surface area (Å²) < 4.78 is 0. The van der Waals surface area contributed by atoms with Gasteiger partial charge in [-0.25, -0.2) is 9.97 Å². The van der Waals surface area contributed by atoms with Crippen LogP contribution in [0.25, 0.3) is 0 Å². The van der Waals surface area contributed by atoms with Crippen LogP contribution in [0.1, 0.15) is 24.6 Å². The predicted molar refractivity (Wildman–Crippen MR) is 103 cm³/mol. The Morgan fingerprint density at radius 2 is 2.11 bits per heavy atom. The van der Waals surface area contributed by atoms with Crippen LogP contribution in [0, 0.1) is 11.3 Å². The van der Waals surface area contributed by atoms with Gasteiger partial charge in [-0.1, -0.05) is 18.2 Å². The molecule has 2 aliphatic heterocycles. The van der Waals surface area contributed by atoms with E-state index in [2.05, 4.69) is 21.4 Å². The number of aromatic nitrogens is 2. The van der Waals surface area contributed by atoms with Crippen molar-refractivity contribution in [2.75, 3.05) is 36.0 Å². The number of nitrogens with one attached hydrogen (secondary N) is 1. The highest BCUT2D eigenvalue weighted by atomic mass is 16.2. The number of fused-ring (bicyclic) bond motifs is 2. The van der Waals surface area contributed by atoms with E-state index < -0.39 is 5.41 Å². The molecule has 4 rings (SSSR count). The van der Waals surface area contributed by atoms with Crippen molar-refractivity contribution in [2.24, 2.45) is 0 Å². The van der Waals surface area contributed by atoms with E-state index in [1.807, 2.05) is 36.1 Å². The largest absolute Gasteiger partial charge is 0.355 e. The van der Waals surface area contributed by atoms with Crippen LogP contribution in [-0.4, -0.2) is 48.0 Å². The van der Waals surface area contributed by atoms with Gasteiger partial charge in [0, 0.05) is 37.7 Å². The summed E-state index contributed by atoms with van der Waals surface area (Å²) in [5, 5.41) is 12.1. The van der Waals surface area contributed by atoms with Crippen LogP contribution in [-0.2, 0) is 15.0 Å². The van der Waals surface area contributed by atoms with Crippen molar-refractivity contribution in [3.05, 3.63) is 47.9 Å². The summed E-state index contributed by atoms with van der Waals surface area (Å²) in [6, 6.07) is 9.69. The van der Waals surface area contributed by atoms with Gasteiger partial charge in [-0.05, 0) is 25.0 Å². The highest BCUT2D eigenvalue weighted by Gasteiger charge is 2.55. The second kappa shape index (κ2) is 6.93. The first kappa shape index (κ1) is 17.9. The van der Waals surface area contributed by atoms with E-state index in [0.717, 1.165) is 11.3 Å². The SMILES string of the molecule is CCNC(=O)CN1C(=O)C2(CCN(c3nccnc3C#N)C2)c2ccccc21. The van der Waals surface area contributed by atoms with Crippen molar-refractivity contribution >= 4 is 23.3 Å². The lowest BCUT2D eigenvalue weighted by molar-refractivity contribution is -0.125. The number of benzene rings is 1. The van der Waals surface area contributed by atoms with Crippen LogP contribution in [0.15, 0.2) is 36.7 Å². The van der Waals surface area contributed by atoms with Crippen molar-refractivity contribution in [2.45, 2.75) is 18.8 Å². The Labute approximate surface area is 162 Å². The van der Waals surface area contributed by atoms with Crippen LogP contribution in [0.2, 0.25) is 0 Å². The Morgan fingerprint density at radius 1 is 1.32 bits per heavy atom. The van der Waals surface area contributed by atoms with E-state index in [1.165, 1.54) is 6.20 Å². The van der Waals surface area contributed by atoms with E-state index >= 15 is 0 Å². The maximum Gasteiger partial charge on any atom is 0.240 e. The van der Waals surface area contributed by atoms with Gasteiger partial charge in [-0.3, -0.25) is 9.59 Å². The number of carbonyl (C=O) groups is 2. The number of amides is 2. The summed E-state index contributed by atoms with van der Waals surface area (Å²) >= 11 is 0. The lowest BCUT2D eigenvalue weighted by Crippen LogP contribution is -2.46. The molecule has 2 aromatic rings. The van der Waals surface area contributed by atoms with Gasteiger partial charge in [0.05, 0.1) is 5.41 Å². The van der Waals surface area contributed by atoms with E-state index in [-0.39, 0.29) is 24.1 Å². The molecule has 1 aromatic carbocycles. The molecule has 2 amide bonds. The van der Waals surface area contributed by atoms with Crippen molar-refractivity contribution in [1.29, 1.82) is 5.26 Å². The standard InChI is InChI=1S/C20H20N6O2/c1-2-22-17(27)12-26-16-6-4-3-5-14(16)20(19(26)28)7-10-25(13-20)18-15(11-21)23-8-9-24-18/h3-6,8-9H,2,7,10,12-13H2,1H3,(H,22,27). The van der Waals surface area contributed by atoms with Crippen LogP contribution < -0.4 is 15.1 Å². The van der Waals surface area contributed by atoms with E-state index in [1.54, 1.807) is 11.1 Å². The monoisotopic (exact) mass is 376 g/mol. The number of anilines is 2. The van der Waals surface area contributed by atoms with Crippen LogP contribution in [0.4, 0.5) is 11.5 Å². The molecule has 142 valence electrons. The molecule has 1 saturated heterocycles. The zero-order valence-electron chi connectivity index (χ0n) is 15.6. The van der Waals surface area contributed by atoms with Gasteiger partial charge in [-0.15, -0.1) is 0 Å². The minimum atomic E-state index is -0.743. The zero-order chi connectivity index (χ0) is 19.7. The average Bonchev–Trinajstić information content (AvgIpc) is 3.26. The summed E-state index contributed by atoms with van der Waals surface area (Å²) in [4.78, 5) is 37.5. The van der Waals surface area contributed by atoms with Crippen LogP contribution in [0.5, 0.6) is 0 Å². The first-order chi connectivity index (χ1) is 13.6. The Balaban J connectivity index is 1.69. The highest BCUT2D eigenvalue weighted by molar-refractivity contribution is 6.11. The molecule has 1 spiro atoms. The first-order valence-electron chi connectivity index (χ1n) is 9.25. The van der Waals surface area contributed by atoms with Gasteiger partial charge in [0.25, 0.3) is 0 Å². The Hall–Kier alpha value is -3.47. The van der Waals surface area contributed by atoms with Gasteiger partial charge in [0.1, 0.15) is 12.6 Å². The molecule has 1 unspecified atom stereocenters. The predicted octanol–water partition coefficient (Wildman–Crippen LogP) is 0.979. The smallest absolute Gasteiger partial charge is 0.240 e. The second-order valence-corrected chi connectivity index (χ2v) is 6.96. The fourth-order valence-corrected chi connectivity index (χ4v) is 4.18. The summed E-state index contributed by atoms with van der Waals surface area (Å²) in [5.74, 6) is 0.234. The number of likely N-dealkylation sites (N-methyl/N-ethyl adjacent to an activating group) is 1. The molecule has 28 heavy (non-hydrogen) atoms.